The molecule has 2 nitrogen and oxygen atoms in total. The molecule has 0 fully saturated rings. The molecule has 96 valence electrons. The predicted octanol–water partition coefficient (Wildman–Crippen LogP) is 3.65. The first-order chi connectivity index (χ1) is 8.69. The molecule has 1 heterocycles. The third kappa shape index (κ3) is 3.40. The van der Waals surface area contributed by atoms with Crippen LogP contribution in [0.2, 0.25) is 0 Å². The van der Waals surface area contributed by atoms with E-state index in [0.717, 1.165) is 23.5 Å². The highest BCUT2D eigenvalue weighted by atomic mass is 32.1. The van der Waals surface area contributed by atoms with Crippen LogP contribution < -0.4 is 5.73 Å². The lowest BCUT2D eigenvalue weighted by Gasteiger charge is -2.11. The lowest BCUT2D eigenvalue weighted by atomic mass is 10.0. The van der Waals surface area contributed by atoms with Gasteiger partial charge in [-0.15, -0.1) is 11.3 Å². The van der Waals surface area contributed by atoms with E-state index < -0.39 is 0 Å². The van der Waals surface area contributed by atoms with Crippen molar-refractivity contribution in [2.75, 3.05) is 0 Å². The van der Waals surface area contributed by atoms with Crippen LogP contribution in [0.15, 0.2) is 29.6 Å². The van der Waals surface area contributed by atoms with Crippen molar-refractivity contribution in [1.29, 1.82) is 0 Å². The summed E-state index contributed by atoms with van der Waals surface area (Å²) >= 11 is 1.68. The number of hydrogen-bond donors (Lipinski definition) is 1. The van der Waals surface area contributed by atoms with Crippen LogP contribution in [-0.2, 0) is 12.8 Å². The van der Waals surface area contributed by atoms with Crippen LogP contribution in [0.3, 0.4) is 0 Å². The number of aromatic nitrogens is 1. The highest BCUT2D eigenvalue weighted by Gasteiger charge is 2.09. The average Bonchev–Trinajstić information content (AvgIpc) is 2.76. The van der Waals surface area contributed by atoms with E-state index in [1.54, 1.807) is 11.3 Å². The first kappa shape index (κ1) is 13.2. The molecule has 3 heteroatoms. The fourth-order valence-electron chi connectivity index (χ4n) is 2.07. The number of thiazole rings is 1. The lowest BCUT2D eigenvalue weighted by molar-refractivity contribution is 0.708. The maximum atomic E-state index is 6.22. The number of benzene rings is 1. The van der Waals surface area contributed by atoms with Gasteiger partial charge in [0.05, 0.1) is 10.7 Å². The molecule has 18 heavy (non-hydrogen) atoms. The van der Waals surface area contributed by atoms with Crippen LogP contribution in [0, 0.1) is 6.92 Å². The Balaban J connectivity index is 2.02. The van der Waals surface area contributed by atoms with Crippen molar-refractivity contribution >= 4 is 11.3 Å². The summed E-state index contributed by atoms with van der Waals surface area (Å²) in [6.45, 7) is 4.23. The summed E-state index contributed by atoms with van der Waals surface area (Å²) in [6.07, 6.45) is 3.14. The fraction of sp³-hybridized carbons (Fsp3) is 0.400. The van der Waals surface area contributed by atoms with Crippen molar-refractivity contribution in [2.24, 2.45) is 5.73 Å². The van der Waals surface area contributed by atoms with E-state index >= 15 is 0 Å². The second-order valence-corrected chi connectivity index (χ2v) is 5.72. The van der Waals surface area contributed by atoms with E-state index in [0.29, 0.717) is 0 Å². The van der Waals surface area contributed by atoms with E-state index in [1.165, 1.54) is 17.5 Å². The van der Waals surface area contributed by atoms with Gasteiger partial charge in [0.15, 0.2) is 0 Å². The SMILES string of the molecule is CCCc1ccc(C(N)Cc2csc(C)n2)cc1. The molecule has 0 aliphatic rings. The summed E-state index contributed by atoms with van der Waals surface area (Å²) in [6, 6.07) is 8.71. The molecule has 0 amide bonds. The third-order valence-corrected chi connectivity index (χ3v) is 3.86. The van der Waals surface area contributed by atoms with Crippen molar-refractivity contribution in [3.05, 3.63) is 51.5 Å². The van der Waals surface area contributed by atoms with E-state index in [2.05, 4.69) is 41.6 Å². The maximum Gasteiger partial charge on any atom is 0.0897 e. The molecular weight excluding hydrogens is 240 g/mol. The Hall–Kier alpha value is -1.19. The molecule has 2 N–H and O–H groups in total. The second kappa shape index (κ2) is 6.12. The number of rotatable bonds is 5. The topological polar surface area (TPSA) is 38.9 Å². The molecular formula is C15H20N2S. The summed E-state index contributed by atoms with van der Waals surface area (Å²) in [4.78, 5) is 4.46. The van der Waals surface area contributed by atoms with Crippen LogP contribution in [-0.4, -0.2) is 4.98 Å². The van der Waals surface area contributed by atoms with Gasteiger partial charge in [-0.05, 0) is 24.5 Å². The number of hydrogen-bond acceptors (Lipinski definition) is 3. The Morgan fingerprint density at radius 1 is 1.28 bits per heavy atom. The Bertz CT molecular complexity index is 487. The van der Waals surface area contributed by atoms with Crippen LogP contribution in [0.1, 0.15) is 41.2 Å². The largest absolute Gasteiger partial charge is 0.324 e. The Kier molecular flexibility index (Phi) is 4.50. The minimum atomic E-state index is 0.0437. The van der Waals surface area contributed by atoms with Crippen molar-refractivity contribution in [3.8, 4) is 0 Å². The van der Waals surface area contributed by atoms with Gasteiger partial charge in [-0.1, -0.05) is 37.6 Å². The molecule has 0 radical (unpaired) electrons. The van der Waals surface area contributed by atoms with E-state index in [4.69, 9.17) is 5.73 Å². The van der Waals surface area contributed by atoms with Crippen LogP contribution in [0.25, 0.3) is 0 Å². The van der Waals surface area contributed by atoms with Gasteiger partial charge >= 0.3 is 0 Å². The highest BCUT2D eigenvalue weighted by Crippen LogP contribution is 2.18. The van der Waals surface area contributed by atoms with Crippen LogP contribution >= 0.6 is 11.3 Å². The summed E-state index contributed by atoms with van der Waals surface area (Å²) < 4.78 is 0. The zero-order valence-electron chi connectivity index (χ0n) is 11.0. The molecule has 0 saturated heterocycles. The monoisotopic (exact) mass is 260 g/mol. The molecule has 1 aromatic heterocycles. The van der Waals surface area contributed by atoms with Gasteiger partial charge < -0.3 is 5.73 Å². The predicted molar refractivity (Wildman–Crippen MR) is 77.9 cm³/mol. The summed E-state index contributed by atoms with van der Waals surface area (Å²) in [5.41, 5.74) is 9.91. The first-order valence-electron chi connectivity index (χ1n) is 6.44. The lowest BCUT2D eigenvalue weighted by Crippen LogP contribution is -2.13. The summed E-state index contributed by atoms with van der Waals surface area (Å²) in [5.74, 6) is 0. The molecule has 0 bridgehead atoms. The zero-order chi connectivity index (χ0) is 13.0. The van der Waals surface area contributed by atoms with Gasteiger partial charge in [0.2, 0.25) is 0 Å². The van der Waals surface area contributed by atoms with Crippen molar-refractivity contribution < 1.29 is 0 Å². The Morgan fingerprint density at radius 3 is 2.56 bits per heavy atom. The standard InChI is InChI=1S/C15H20N2S/c1-3-4-12-5-7-13(8-6-12)15(16)9-14-10-18-11(2)17-14/h5-8,10,15H,3-4,9,16H2,1-2H3. The average molecular weight is 260 g/mol. The summed E-state index contributed by atoms with van der Waals surface area (Å²) in [7, 11) is 0. The number of nitrogens with zero attached hydrogens (tertiary/aromatic N) is 1. The minimum Gasteiger partial charge on any atom is -0.324 e. The summed E-state index contributed by atoms with van der Waals surface area (Å²) in [5, 5.41) is 3.20. The quantitative estimate of drug-likeness (QED) is 0.891. The van der Waals surface area contributed by atoms with Gasteiger partial charge in [0, 0.05) is 17.8 Å². The molecule has 2 aromatic rings. The normalized spacial score (nSPS) is 12.6. The smallest absolute Gasteiger partial charge is 0.0897 e. The molecule has 1 unspecified atom stereocenters. The van der Waals surface area contributed by atoms with Gasteiger partial charge in [0.25, 0.3) is 0 Å². The molecule has 1 aromatic carbocycles. The molecule has 0 aliphatic heterocycles. The maximum absolute atomic E-state index is 6.22. The van der Waals surface area contributed by atoms with Crippen molar-refractivity contribution in [3.63, 3.8) is 0 Å². The number of nitrogens with two attached hydrogens (primary N) is 1. The van der Waals surface area contributed by atoms with Gasteiger partial charge in [-0.25, -0.2) is 4.98 Å². The first-order valence-corrected chi connectivity index (χ1v) is 7.32. The van der Waals surface area contributed by atoms with Crippen LogP contribution in [0.4, 0.5) is 0 Å². The fourth-order valence-corrected chi connectivity index (χ4v) is 2.69. The van der Waals surface area contributed by atoms with E-state index in [1.807, 2.05) is 6.92 Å². The number of aryl methyl sites for hydroxylation is 2. The van der Waals surface area contributed by atoms with E-state index in [-0.39, 0.29) is 6.04 Å². The highest BCUT2D eigenvalue weighted by molar-refractivity contribution is 7.09. The van der Waals surface area contributed by atoms with Crippen molar-refractivity contribution in [1.82, 2.24) is 4.98 Å². The molecule has 0 spiro atoms. The van der Waals surface area contributed by atoms with Gasteiger partial charge in [-0.2, -0.15) is 0 Å². The van der Waals surface area contributed by atoms with Crippen LogP contribution in [0.5, 0.6) is 0 Å². The third-order valence-electron chi connectivity index (χ3n) is 3.04. The molecule has 0 saturated carbocycles. The Labute approximate surface area is 113 Å². The molecule has 0 aliphatic carbocycles. The minimum absolute atomic E-state index is 0.0437. The molecule has 2 rings (SSSR count). The van der Waals surface area contributed by atoms with Crippen molar-refractivity contribution in [2.45, 2.75) is 39.2 Å². The zero-order valence-corrected chi connectivity index (χ0v) is 11.8. The van der Waals surface area contributed by atoms with Gasteiger partial charge in [0.1, 0.15) is 0 Å². The second-order valence-electron chi connectivity index (χ2n) is 4.66. The molecule has 1 atom stereocenters. The van der Waals surface area contributed by atoms with Gasteiger partial charge in [-0.3, -0.25) is 0 Å². The van der Waals surface area contributed by atoms with E-state index in [9.17, 15) is 0 Å². The Morgan fingerprint density at radius 2 is 2.00 bits per heavy atom.